The van der Waals surface area contributed by atoms with Gasteiger partial charge in [0.15, 0.2) is 0 Å². The van der Waals surface area contributed by atoms with Crippen molar-refractivity contribution in [1.82, 2.24) is 4.98 Å². The van der Waals surface area contributed by atoms with Crippen LogP contribution in [0.4, 0.5) is 5.82 Å². The van der Waals surface area contributed by atoms with E-state index in [1.165, 1.54) is 12.8 Å². The molecular weight excluding hydrogens is 200 g/mol. The Morgan fingerprint density at radius 3 is 2.94 bits per heavy atom. The molecule has 1 aliphatic rings. The lowest BCUT2D eigenvalue weighted by molar-refractivity contribution is 0.732. The van der Waals surface area contributed by atoms with E-state index in [0.29, 0.717) is 0 Å². The molecule has 3 N–H and O–H groups in total. The van der Waals surface area contributed by atoms with Crippen molar-refractivity contribution in [3.05, 3.63) is 23.9 Å². The molecule has 1 fully saturated rings. The molecule has 2 rings (SSSR count). The van der Waals surface area contributed by atoms with Gasteiger partial charge in [-0.25, -0.2) is 4.98 Å². The van der Waals surface area contributed by atoms with Crippen LogP contribution in [0.2, 0.25) is 0 Å². The van der Waals surface area contributed by atoms with E-state index in [2.05, 4.69) is 16.8 Å². The van der Waals surface area contributed by atoms with Gasteiger partial charge in [0.05, 0.1) is 0 Å². The lowest BCUT2D eigenvalue weighted by Crippen LogP contribution is -2.26. The van der Waals surface area contributed by atoms with Crippen LogP contribution in [0, 0.1) is 11.3 Å². The minimum absolute atomic E-state index is 0.103. The average Bonchev–Trinajstić information content (AvgIpc) is 3.10. The first kappa shape index (κ1) is 10.9. The summed E-state index contributed by atoms with van der Waals surface area (Å²) in [6.45, 7) is 4.15. The molecule has 4 heteroatoms. The SMILES string of the molecule is CCN(CC1CC1)c1cc(C(=N)N)ccn1. The number of nitrogens with two attached hydrogens (primary N) is 1. The quantitative estimate of drug-likeness (QED) is 0.582. The fraction of sp³-hybridized carbons (Fsp3) is 0.500. The zero-order valence-corrected chi connectivity index (χ0v) is 9.61. The maximum Gasteiger partial charge on any atom is 0.129 e. The molecule has 1 heterocycles. The van der Waals surface area contributed by atoms with Crippen molar-refractivity contribution in [2.75, 3.05) is 18.0 Å². The van der Waals surface area contributed by atoms with Crippen LogP contribution in [0.1, 0.15) is 25.3 Å². The van der Waals surface area contributed by atoms with E-state index in [4.69, 9.17) is 11.1 Å². The largest absolute Gasteiger partial charge is 0.384 e. The predicted molar refractivity (Wildman–Crippen MR) is 65.9 cm³/mol. The average molecular weight is 218 g/mol. The maximum absolute atomic E-state index is 7.42. The summed E-state index contributed by atoms with van der Waals surface area (Å²) < 4.78 is 0. The second-order valence-corrected chi connectivity index (χ2v) is 4.30. The lowest BCUT2D eigenvalue weighted by atomic mass is 10.2. The first-order valence-corrected chi connectivity index (χ1v) is 5.76. The van der Waals surface area contributed by atoms with Gasteiger partial charge in [-0.3, -0.25) is 5.41 Å². The minimum Gasteiger partial charge on any atom is -0.384 e. The van der Waals surface area contributed by atoms with Gasteiger partial charge < -0.3 is 10.6 Å². The third kappa shape index (κ3) is 2.51. The van der Waals surface area contributed by atoms with Crippen molar-refractivity contribution in [2.24, 2.45) is 11.7 Å². The normalized spacial score (nSPS) is 14.8. The lowest BCUT2D eigenvalue weighted by Gasteiger charge is -2.22. The number of rotatable bonds is 5. The van der Waals surface area contributed by atoms with Gasteiger partial charge in [0, 0.05) is 24.8 Å². The third-order valence-corrected chi connectivity index (χ3v) is 2.94. The van der Waals surface area contributed by atoms with Gasteiger partial charge in [-0.1, -0.05) is 0 Å². The summed E-state index contributed by atoms with van der Waals surface area (Å²) in [5, 5.41) is 7.42. The molecule has 0 aliphatic heterocycles. The Balaban J connectivity index is 2.15. The number of nitrogens with zero attached hydrogens (tertiary/aromatic N) is 2. The predicted octanol–water partition coefficient (Wildman–Crippen LogP) is 1.60. The van der Waals surface area contributed by atoms with Crippen LogP contribution >= 0.6 is 0 Å². The molecule has 1 aromatic rings. The fourth-order valence-electron chi connectivity index (χ4n) is 1.76. The Hall–Kier alpha value is -1.58. The van der Waals surface area contributed by atoms with Crippen molar-refractivity contribution < 1.29 is 0 Å². The number of hydrogen-bond donors (Lipinski definition) is 2. The highest BCUT2D eigenvalue weighted by atomic mass is 15.2. The summed E-state index contributed by atoms with van der Waals surface area (Å²) >= 11 is 0. The summed E-state index contributed by atoms with van der Waals surface area (Å²) in [5.41, 5.74) is 6.22. The Morgan fingerprint density at radius 1 is 1.62 bits per heavy atom. The Bertz CT molecular complexity index is 384. The summed E-state index contributed by atoms with van der Waals surface area (Å²) in [7, 11) is 0. The van der Waals surface area contributed by atoms with Crippen LogP contribution in [0.15, 0.2) is 18.3 Å². The number of nitrogen functional groups attached to an aromatic ring is 1. The summed E-state index contributed by atoms with van der Waals surface area (Å²) in [5.74, 6) is 1.87. The molecule has 1 saturated carbocycles. The van der Waals surface area contributed by atoms with E-state index >= 15 is 0 Å². The Kier molecular flexibility index (Phi) is 3.08. The van der Waals surface area contributed by atoms with Crippen molar-refractivity contribution in [2.45, 2.75) is 19.8 Å². The van der Waals surface area contributed by atoms with Crippen molar-refractivity contribution in [3.63, 3.8) is 0 Å². The van der Waals surface area contributed by atoms with Crippen LogP contribution in [-0.4, -0.2) is 23.9 Å². The fourth-order valence-corrected chi connectivity index (χ4v) is 1.76. The topological polar surface area (TPSA) is 66.0 Å². The van der Waals surface area contributed by atoms with Crippen LogP contribution in [0.25, 0.3) is 0 Å². The van der Waals surface area contributed by atoms with Crippen LogP contribution in [0.5, 0.6) is 0 Å². The number of amidine groups is 1. The summed E-state index contributed by atoms with van der Waals surface area (Å²) in [6, 6.07) is 3.67. The molecule has 0 atom stereocenters. The molecule has 0 bridgehead atoms. The molecule has 0 spiro atoms. The van der Waals surface area contributed by atoms with E-state index in [0.717, 1.165) is 30.4 Å². The van der Waals surface area contributed by atoms with E-state index in [1.807, 2.05) is 6.07 Å². The van der Waals surface area contributed by atoms with Crippen LogP contribution in [0.3, 0.4) is 0 Å². The highest BCUT2D eigenvalue weighted by Gasteiger charge is 2.24. The van der Waals surface area contributed by atoms with E-state index in [-0.39, 0.29) is 5.84 Å². The Labute approximate surface area is 96.0 Å². The number of hydrogen-bond acceptors (Lipinski definition) is 3. The molecule has 1 aromatic heterocycles. The van der Waals surface area contributed by atoms with Crippen molar-refractivity contribution in [3.8, 4) is 0 Å². The Morgan fingerprint density at radius 2 is 2.38 bits per heavy atom. The number of anilines is 1. The van der Waals surface area contributed by atoms with Gasteiger partial charge >= 0.3 is 0 Å². The summed E-state index contributed by atoms with van der Waals surface area (Å²) in [6.07, 6.45) is 4.40. The number of nitrogens with one attached hydrogen (secondary N) is 1. The van der Waals surface area contributed by atoms with Gasteiger partial charge in [0.1, 0.15) is 11.7 Å². The zero-order chi connectivity index (χ0) is 11.5. The van der Waals surface area contributed by atoms with Gasteiger partial charge in [0.25, 0.3) is 0 Å². The molecular formula is C12H18N4. The van der Waals surface area contributed by atoms with E-state index in [1.54, 1.807) is 12.3 Å². The first-order valence-electron chi connectivity index (χ1n) is 5.76. The highest BCUT2D eigenvalue weighted by molar-refractivity contribution is 5.95. The standard InChI is InChI=1S/C12H18N4/c1-2-16(8-9-3-4-9)11-7-10(12(13)14)5-6-15-11/h5-7,9H,2-4,8H2,1H3,(H3,13,14). The second-order valence-electron chi connectivity index (χ2n) is 4.30. The highest BCUT2D eigenvalue weighted by Crippen LogP contribution is 2.30. The molecule has 0 aromatic carbocycles. The molecule has 86 valence electrons. The minimum atomic E-state index is 0.103. The van der Waals surface area contributed by atoms with Gasteiger partial charge in [-0.05, 0) is 37.8 Å². The number of aromatic nitrogens is 1. The summed E-state index contributed by atoms with van der Waals surface area (Å²) in [4.78, 5) is 6.60. The van der Waals surface area contributed by atoms with E-state index < -0.39 is 0 Å². The van der Waals surface area contributed by atoms with Crippen LogP contribution in [-0.2, 0) is 0 Å². The van der Waals surface area contributed by atoms with Gasteiger partial charge in [-0.15, -0.1) is 0 Å². The second kappa shape index (κ2) is 4.51. The van der Waals surface area contributed by atoms with Gasteiger partial charge in [0.2, 0.25) is 0 Å². The zero-order valence-electron chi connectivity index (χ0n) is 9.61. The molecule has 4 nitrogen and oxygen atoms in total. The number of pyridine rings is 1. The monoisotopic (exact) mass is 218 g/mol. The van der Waals surface area contributed by atoms with Crippen LogP contribution < -0.4 is 10.6 Å². The molecule has 1 aliphatic carbocycles. The molecule has 16 heavy (non-hydrogen) atoms. The smallest absolute Gasteiger partial charge is 0.129 e. The molecule has 0 amide bonds. The van der Waals surface area contributed by atoms with Gasteiger partial charge in [-0.2, -0.15) is 0 Å². The third-order valence-electron chi connectivity index (χ3n) is 2.94. The van der Waals surface area contributed by atoms with Crippen molar-refractivity contribution in [1.29, 1.82) is 5.41 Å². The first-order chi connectivity index (χ1) is 7.70. The van der Waals surface area contributed by atoms with E-state index in [9.17, 15) is 0 Å². The van der Waals surface area contributed by atoms with Crippen molar-refractivity contribution >= 4 is 11.7 Å². The maximum atomic E-state index is 7.42. The molecule has 0 unspecified atom stereocenters. The molecule has 0 saturated heterocycles. The molecule has 0 radical (unpaired) electrons.